The lowest BCUT2D eigenvalue weighted by Gasteiger charge is -2.10. The largest absolute Gasteiger partial charge is 0.322 e. The molecule has 0 saturated heterocycles. The van der Waals surface area contributed by atoms with E-state index >= 15 is 0 Å². The van der Waals surface area contributed by atoms with Crippen molar-refractivity contribution < 1.29 is 13.2 Å². The van der Waals surface area contributed by atoms with Gasteiger partial charge < -0.3 is 5.32 Å². The Balaban J connectivity index is 2.02. The predicted octanol–water partition coefficient (Wildman–Crippen LogP) is 2.91. The second-order valence-corrected chi connectivity index (χ2v) is 6.86. The number of para-hydroxylation sites is 1. The normalized spacial score (nSPS) is 11.2. The number of hydrogen-bond donors (Lipinski definition) is 2. The average Bonchev–Trinajstić information content (AvgIpc) is 2.50. The fourth-order valence-corrected chi connectivity index (χ4v) is 3.14. The molecule has 8 heteroatoms. The van der Waals surface area contributed by atoms with Gasteiger partial charge in [-0.2, -0.15) is 0 Å². The Labute approximate surface area is 138 Å². The van der Waals surface area contributed by atoms with Gasteiger partial charge in [0.25, 0.3) is 0 Å². The van der Waals surface area contributed by atoms with Crippen LogP contribution in [0.3, 0.4) is 0 Å². The molecule has 0 heterocycles. The van der Waals surface area contributed by atoms with Crippen LogP contribution in [0.4, 0.5) is 5.69 Å². The number of amides is 1. The first kappa shape index (κ1) is 16.8. The summed E-state index contributed by atoms with van der Waals surface area (Å²) in [5.74, 6) is -0.575. The maximum Gasteiger partial charge on any atom is 0.241 e. The van der Waals surface area contributed by atoms with E-state index < -0.39 is 22.5 Å². The minimum atomic E-state index is -3.74. The van der Waals surface area contributed by atoms with Gasteiger partial charge in [-0.15, -0.1) is 0 Å². The number of hydrogen-bond acceptors (Lipinski definition) is 3. The molecular formula is C14H12Cl2N2O3S. The molecule has 22 heavy (non-hydrogen) atoms. The topological polar surface area (TPSA) is 75.3 Å². The summed E-state index contributed by atoms with van der Waals surface area (Å²) in [6.07, 6.45) is 0. The molecule has 0 fully saturated rings. The third-order valence-corrected chi connectivity index (χ3v) is 4.75. The van der Waals surface area contributed by atoms with Crippen LogP contribution >= 0.6 is 23.2 Å². The lowest BCUT2D eigenvalue weighted by atomic mass is 10.3. The van der Waals surface area contributed by atoms with E-state index in [0.717, 1.165) is 0 Å². The van der Waals surface area contributed by atoms with Crippen molar-refractivity contribution >= 4 is 44.8 Å². The van der Waals surface area contributed by atoms with Crippen LogP contribution in [0.25, 0.3) is 0 Å². The summed E-state index contributed by atoms with van der Waals surface area (Å²) in [7, 11) is -3.74. The summed E-state index contributed by atoms with van der Waals surface area (Å²) in [4.78, 5) is 11.9. The SMILES string of the molecule is O=C(CNS(=O)(=O)c1ccccc1)Nc1c(Cl)cccc1Cl. The number of sulfonamides is 1. The minimum Gasteiger partial charge on any atom is -0.322 e. The summed E-state index contributed by atoms with van der Waals surface area (Å²) in [5, 5.41) is 3.01. The Kier molecular flexibility index (Phi) is 5.42. The number of rotatable bonds is 5. The van der Waals surface area contributed by atoms with Crippen LogP contribution in [0.1, 0.15) is 0 Å². The standard InChI is InChI=1S/C14H12Cl2N2O3S/c15-11-7-4-8-12(16)14(11)18-13(19)9-17-22(20,21)10-5-2-1-3-6-10/h1-8,17H,9H2,(H,18,19). The van der Waals surface area contributed by atoms with Crippen molar-refractivity contribution in [3.63, 3.8) is 0 Å². The van der Waals surface area contributed by atoms with Gasteiger partial charge in [0.2, 0.25) is 15.9 Å². The van der Waals surface area contributed by atoms with Crippen LogP contribution in [-0.4, -0.2) is 20.9 Å². The number of benzene rings is 2. The van der Waals surface area contributed by atoms with Crippen LogP contribution in [-0.2, 0) is 14.8 Å². The zero-order chi connectivity index (χ0) is 16.2. The number of halogens is 2. The summed E-state index contributed by atoms with van der Waals surface area (Å²) >= 11 is 11.8. The molecule has 0 radical (unpaired) electrons. The molecule has 2 N–H and O–H groups in total. The maximum atomic E-state index is 12.0. The Morgan fingerprint density at radius 3 is 2.14 bits per heavy atom. The Morgan fingerprint density at radius 1 is 0.955 bits per heavy atom. The summed E-state index contributed by atoms with van der Waals surface area (Å²) in [5.41, 5.74) is 0.245. The minimum absolute atomic E-state index is 0.0820. The molecule has 0 aliphatic heterocycles. The molecular weight excluding hydrogens is 347 g/mol. The Morgan fingerprint density at radius 2 is 1.55 bits per heavy atom. The Bertz CT molecular complexity index is 760. The van der Waals surface area contributed by atoms with Crippen molar-refractivity contribution in [1.29, 1.82) is 0 Å². The molecule has 0 aliphatic rings. The number of nitrogens with one attached hydrogen (secondary N) is 2. The smallest absolute Gasteiger partial charge is 0.241 e. The van der Waals surface area contributed by atoms with E-state index in [4.69, 9.17) is 23.2 Å². The molecule has 2 aromatic carbocycles. The zero-order valence-corrected chi connectivity index (χ0v) is 13.5. The van der Waals surface area contributed by atoms with Crippen LogP contribution < -0.4 is 10.0 Å². The van der Waals surface area contributed by atoms with E-state index in [1.165, 1.54) is 12.1 Å². The first-order chi connectivity index (χ1) is 10.4. The molecule has 0 unspecified atom stereocenters. The number of anilines is 1. The van der Waals surface area contributed by atoms with Gasteiger partial charge in [-0.25, -0.2) is 13.1 Å². The fourth-order valence-electron chi connectivity index (χ4n) is 1.64. The van der Waals surface area contributed by atoms with E-state index in [1.54, 1.807) is 36.4 Å². The Hall–Kier alpha value is -1.60. The van der Waals surface area contributed by atoms with Crippen molar-refractivity contribution in [2.45, 2.75) is 4.90 Å². The molecule has 1 amide bonds. The van der Waals surface area contributed by atoms with Gasteiger partial charge in [-0.05, 0) is 24.3 Å². The maximum absolute atomic E-state index is 12.0. The van der Waals surface area contributed by atoms with Gasteiger partial charge in [0.05, 0.1) is 27.2 Å². The molecule has 0 aromatic heterocycles. The van der Waals surface area contributed by atoms with Gasteiger partial charge >= 0.3 is 0 Å². The summed E-state index contributed by atoms with van der Waals surface area (Å²) < 4.78 is 26.2. The highest BCUT2D eigenvalue weighted by molar-refractivity contribution is 7.89. The van der Waals surface area contributed by atoms with Crippen molar-refractivity contribution in [1.82, 2.24) is 4.72 Å². The summed E-state index contributed by atoms with van der Waals surface area (Å²) in [6.45, 7) is -0.432. The molecule has 5 nitrogen and oxygen atoms in total. The van der Waals surface area contributed by atoms with Crippen LogP contribution in [0.15, 0.2) is 53.4 Å². The van der Waals surface area contributed by atoms with E-state index in [1.807, 2.05) is 0 Å². The highest BCUT2D eigenvalue weighted by Crippen LogP contribution is 2.29. The molecule has 0 saturated carbocycles. The third-order valence-electron chi connectivity index (χ3n) is 2.70. The quantitative estimate of drug-likeness (QED) is 0.862. The fraction of sp³-hybridized carbons (Fsp3) is 0.0714. The highest BCUT2D eigenvalue weighted by Gasteiger charge is 2.16. The molecule has 0 atom stereocenters. The van der Waals surface area contributed by atoms with Gasteiger partial charge in [-0.1, -0.05) is 47.5 Å². The number of carbonyl (C=O) groups is 1. The van der Waals surface area contributed by atoms with Crippen LogP contribution in [0, 0.1) is 0 Å². The van der Waals surface area contributed by atoms with Gasteiger partial charge in [0.15, 0.2) is 0 Å². The van der Waals surface area contributed by atoms with Crippen LogP contribution in [0.2, 0.25) is 10.0 Å². The van der Waals surface area contributed by atoms with Crippen molar-refractivity contribution in [3.05, 3.63) is 58.6 Å². The van der Waals surface area contributed by atoms with Crippen LogP contribution in [0.5, 0.6) is 0 Å². The average molecular weight is 359 g/mol. The molecule has 0 spiro atoms. The molecule has 116 valence electrons. The van der Waals surface area contributed by atoms with E-state index in [-0.39, 0.29) is 20.6 Å². The molecule has 0 bridgehead atoms. The first-order valence-corrected chi connectivity index (χ1v) is 8.42. The lowest BCUT2D eigenvalue weighted by Crippen LogP contribution is -2.33. The third kappa shape index (κ3) is 4.20. The summed E-state index contributed by atoms with van der Waals surface area (Å²) in [6, 6.07) is 12.5. The van der Waals surface area contributed by atoms with Gasteiger partial charge in [-0.3, -0.25) is 4.79 Å². The second-order valence-electron chi connectivity index (χ2n) is 4.28. The van der Waals surface area contributed by atoms with Gasteiger partial charge in [0.1, 0.15) is 0 Å². The van der Waals surface area contributed by atoms with E-state index in [0.29, 0.717) is 0 Å². The predicted molar refractivity (Wildman–Crippen MR) is 86.7 cm³/mol. The lowest BCUT2D eigenvalue weighted by molar-refractivity contribution is -0.115. The first-order valence-electron chi connectivity index (χ1n) is 6.19. The zero-order valence-electron chi connectivity index (χ0n) is 11.2. The second kappa shape index (κ2) is 7.11. The molecule has 0 aliphatic carbocycles. The molecule has 2 rings (SSSR count). The highest BCUT2D eigenvalue weighted by atomic mass is 35.5. The van der Waals surface area contributed by atoms with Gasteiger partial charge in [0, 0.05) is 0 Å². The van der Waals surface area contributed by atoms with Crippen molar-refractivity contribution in [2.75, 3.05) is 11.9 Å². The number of carbonyl (C=O) groups excluding carboxylic acids is 1. The van der Waals surface area contributed by atoms with E-state index in [2.05, 4.69) is 10.0 Å². The van der Waals surface area contributed by atoms with Crippen molar-refractivity contribution in [3.8, 4) is 0 Å². The van der Waals surface area contributed by atoms with Crippen molar-refractivity contribution in [2.24, 2.45) is 0 Å². The van der Waals surface area contributed by atoms with E-state index in [9.17, 15) is 13.2 Å². The molecule has 2 aromatic rings. The monoisotopic (exact) mass is 358 g/mol.